The summed E-state index contributed by atoms with van der Waals surface area (Å²) in [6, 6.07) is 0. The predicted octanol–water partition coefficient (Wildman–Crippen LogP) is 1.48. The van der Waals surface area contributed by atoms with E-state index < -0.39 is 5.97 Å². The van der Waals surface area contributed by atoms with Crippen molar-refractivity contribution in [3.8, 4) is 0 Å². The third kappa shape index (κ3) is 4.10. The lowest BCUT2D eigenvalue weighted by Crippen LogP contribution is -2.38. The smallest absolute Gasteiger partial charge is 0.313 e. The average Bonchev–Trinajstić information content (AvgIpc) is 2.89. The van der Waals surface area contributed by atoms with E-state index in [-0.39, 0.29) is 5.75 Å². The van der Waals surface area contributed by atoms with Crippen molar-refractivity contribution in [2.24, 2.45) is 0 Å². The number of carboxylic acids is 1. The first-order valence-electron chi connectivity index (χ1n) is 7.30. The minimum Gasteiger partial charge on any atom is -0.481 e. The Morgan fingerprint density at radius 3 is 2.67 bits per heavy atom. The van der Waals surface area contributed by atoms with Crippen LogP contribution in [0.2, 0.25) is 0 Å². The van der Waals surface area contributed by atoms with Crippen molar-refractivity contribution in [3.05, 3.63) is 0 Å². The molecule has 1 aliphatic heterocycles. The molecule has 1 fully saturated rings. The standard InChI is InChI=1S/C13H22N4O3S/c1-3-17-12(14-15-13(17)21-9-11(18)19)16-7-5-10(6-8-16)20-4-2/h10H,3-9H2,1-2H3,(H,18,19). The van der Waals surface area contributed by atoms with E-state index >= 15 is 0 Å². The zero-order chi connectivity index (χ0) is 15.2. The van der Waals surface area contributed by atoms with E-state index in [4.69, 9.17) is 9.84 Å². The van der Waals surface area contributed by atoms with Crippen LogP contribution < -0.4 is 4.90 Å². The number of hydrogen-bond donors (Lipinski definition) is 1. The molecule has 0 bridgehead atoms. The van der Waals surface area contributed by atoms with Gasteiger partial charge >= 0.3 is 5.97 Å². The van der Waals surface area contributed by atoms with E-state index in [0.717, 1.165) is 45.0 Å². The summed E-state index contributed by atoms with van der Waals surface area (Å²) in [5.41, 5.74) is 0. The number of ether oxygens (including phenoxy) is 1. The van der Waals surface area contributed by atoms with E-state index in [1.807, 2.05) is 18.4 Å². The van der Waals surface area contributed by atoms with E-state index in [0.29, 0.717) is 11.3 Å². The molecular weight excluding hydrogens is 292 g/mol. The van der Waals surface area contributed by atoms with Gasteiger partial charge in [0.05, 0.1) is 11.9 Å². The number of piperidine rings is 1. The molecule has 8 heteroatoms. The van der Waals surface area contributed by atoms with Crippen molar-refractivity contribution in [2.75, 3.05) is 30.3 Å². The number of aliphatic carboxylic acids is 1. The number of hydrogen-bond acceptors (Lipinski definition) is 6. The average molecular weight is 314 g/mol. The maximum Gasteiger partial charge on any atom is 0.313 e. The van der Waals surface area contributed by atoms with Gasteiger partial charge in [0, 0.05) is 26.2 Å². The maximum atomic E-state index is 10.7. The number of thioether (sulfide) groups is 1. The Labute approximate surface area is 128 Å². The lowest BCUT2D eigenvalue weighted by Gasteiger charge is -2.32. The fourth-order valence-corrected chi connectivity index (χ4v) is 3.20. The number of carbonyl (C=O) groups is 1. The summed E-state index contributed by atoms with van der Waals surface area (Å²) in [6.07, 6.45) is 2.31. The molecule has 1 aromatic rings. The first kappa shape index (κ1) is 16.1. The lowest BCUT2D eigenvalue weighted by atomic mass is 10.1. The number of anilines is 1. The van der Waals surface area contributed by atoms with Gasteiger partial charge in [-0.25, -0.2) is 0 Å². The van der Waals surface area contributed by atoms with Crippen LogP contribution in [0.25, 0.3) is 0 Å². The van der Waals surface area contributed by atoms with Crippen LogP contribution in [-0.4, -0.2) is 57.4 Å². The second-order valence-corrected chi connectivity index (χ2v) is 5.79. The molecule has 1 aromatic heterocycles. The van der Waals surface area contributed by atoms with Gasteiger partial charge in [0.25, 0.3) is 0 Å². The summed E-state index contributed by atoms with van der Waals surface area (Å²) < 4.78 is 7.64. The van der Waals surface area contributed by atoms with Gasteiger partial charge in [-0.1, -0.05) is 11.8 Å². The van der Waals surface area contributed by atoms with E-state index in [9.17, 15) is 4.79 Å². The summed E-state index contributed by atoms with van der Waals surface area (Å²) in [4.78, 5) is 12.9. The molecule has 2 heterocycles. The molecule has 0 saturated carbocycles. The zero-order valence-corrected chi connectivity index (χ0v) is 13.3. The first-order chi connectivity index (χ1) is 10.2. The molecule has 0 spiro atoms. The molecule has 0 radical (unpaired) electrons. The zero-order valence-electron chi connectivity index (χ0n) is 12.5. The van der Waals surface area contributed by atoms with Crippen LogP contribution >= 0.6 is 11.8 Å². The normalized spacial score (nSPS) is 16.4. The van der Waals surface area contributed by atoms with E-state index in [1.165, 1.54) is 11.8 Å². The number of rotatable bonds is 7. The molecule has 7 nitrogen and oxygen atoms in total. The number of nitrogens with zero attached hydrogens (tertiary/aromatic N) is 4. The summed E-state index contributed by atoms with van der Waals surface area (Å²) in [5.74, 6) is -0.00468. The molecule has 1 saturated heterocycles. The highest BCUT2D eigenvalue weighted by molar-refractivity contribution is 7.99. The monoisotopic (exact) mass is 314 g/mol. The summed E-state index contributed by atoms with van der Waals surface area (Å²) >= 11 is 1.21. The molecular formula is C13H22N4O3S. The van der Waals surface area contributed by atoms with Crippen LogP contribution in [0.15, 0.2) is 5.16 Å². The van der Waals surface area contributed by atoms with Crippen LogP contribution in [0, 0.1) is 0 Å². The third-order valence-electron chi connectivity index (χ3n) is 3.47. The van der Waals surface area contributed by atoms with Gasteiger partial charge in [-0.05, 0) is 26.7 Å². The van der Waals surface area contributed by atoms with Crippen molar-refractivity contribution in [2.45, 2.75) is 44.5 Å². The second kappa shape index (κ2) is 7.65. The fraction of sp³-hybridized carbons (Fsp3) is 0.769. The van der Waals surface area contributed by atoms with Gasteiger partial charge in [-0.2, -0.15) is 0 Å². The van der Waals surface area contributed by atoms with E-state index in [1.54, 1.807) is 0 Å². The highest BCUT2D eigenvalue weighted by atomic mass is 32.2. The Kier molecular flexibility index (Phi) is 5.86. The Morgan fingerprint density at radius 1 is 1.38 bits per heavy atom. The summed E-state index contributed by atoms with van der Waals surface area (Å²) in [7, 11) is 0. The van der Waals surface area contributed by atoms with Crippen LogP contribution in [0.4, 0.5) is 5.95 Å². The molecule has 21 heavy (non-hydrogen) atoms. The molecule has 2 rings (SSSR count). The van der Waals surface area contributed by atoms with Crippen LogP contribution in [-0.2, 0) is 16.1 Å². The van der Waals surface area contributed by atoms with Gasteiger partial charge < -0.3 is 14.7 Å². The quantitative estimate of drug-likeness (QED) is 0.763. The van der Waals surface area contributed by atoms with Crippen LogP contribution in [0.1, 0.15) is 26.7 Å². The van der Waals surface area contributed by atoms with Gasteiger partial charge in [0.15, 0.2) is 5.16 Å². The van der Waals surface area contributed by atoms with Crippen molar-refractivity contribution >= 4 is 23.7 Å². The molecule has 1 N–H and O–H groups in total. The van der Waals surface area contributed by atoms with E-state index in [2.05, 4.69) is 15.1 Å². The Balaban J connectivity index is 2.01. The van der Waals surface area contributed by atoms with Crippen LogP contribution in [0.3, 0.4) is 0 Å². The van der Waals surface area contributed by atoms with Crippen molar-refractivity contribution in [1.82, 2.24) is 14.8 Å². The topological polar surface area (TPSA) is 80.5 Å². The molecule has 0 unspecified atom stereocenters. The first-order valence-corrected chi connectivity index (χ1v) is 8.28. The van der Waals surface area contributed by atoms with Gasteiger partial charge in [-0.3, -0.25) is 9.36 Å². The Hall–Kier alpha value is -1.28. The summed E-state index contributed by atoms with van der Waals surface area (Å²) in [5, 5.41) is 17.8. The predicted molar refractivity (Wildman–Crippen MR) is 80.9 cm³/mol. The number of carboxylic acid groups (broad SMARTS) is 1. The Morgan fingerprint density at radius 2 is 2.10 bits per heavy atom. The fourth-order valence-electron chi connectivity index (χ4n) is 2.48. The van der Waals surface area contributed by atoms with Gasteiger partial charge in [0.1, 0.15) is 0 Å². The van der Waals surface area contributed by atoms with Gasteiger partial charge in [-0.15, -0.1) is 10.2 Å². The Bertz CT molecular complexity index is 472. The van der Waals surface area contributed by atoms with Crippen LogP contribution in [0.5, 0.6) is 0 Å². The molecule has 0 atom stereocenters. The molecule has 118 valence electrons. The molecule has 0 aliphatic carbocycles. The van der Waals surface area contributed by atoms with Crippen molar-refractivity contribution in [3.63, 3.8) is 0 Å². The van der Waals surface area contributed by atoms with Crippen molar-refractivity contribution < 1.29 is 14.6 Å². The van der Waals surface area contributed by atoms with Gasteiger partial charge in [0.2, 0.25) is 5.95 Å². The second-order valence-electron chi connectivity index (χ2n) is 4.85. The highest BCUT2D eigenvalue weighted by Crippen LogP contribution is 2.24. The minimum absolute atomic E-state index is 0.00451. The third-order valence-corrected chi connectivity index (χ3v) is 4.42. The minimum atomic E-state index is -0.843. The molecule has 0 amide bonds. The highest BCUT2D eigenvalue weighted by Gasteiger charge is 2.24. The maximum absolute atomic E-state index is 10.7. The SMILES string of the molecule is CCOC1CCN(c2nnc(SCC(=O)O)n2CC)CC1. The van der Waals surface area contributed by atoms with Crippen molar-refractivity contribution in [1.29, 1.82) is 0 Å². The largest absolute Gasteiger partial charge is 0.481 e. The number of aromatic nitrogens is 3. The molecule has 0 aromatic carbocycles. The molecule has 1 aliphatic rings. The lowest BCUT2D eigenvalue weighted by molar-refractivity contribution is -0.133. The summed E-state index contributed by atoms with van der Waals surface area (Å²) in [6.45, 7) is 7.32.